The normalized spacial score (nSPS) is 14.3. The topological polar surface area (TPSA) is 88.5 Å². The molecule has 34 heavy (non-hydrogen) atoms. The fraction of sp³-hybridized carbons (Fsp3) is 0.185. The number of H-pyrrole nitrogens is 1. The third-order valence-electron chi connectivity index (χ3n) is 6.83. The number of aryl methyl sites for hydroxylation is 1. The molecular weight excluding hydrogens is 424 g/mol. The van der Waals surface area contributed by atoms with Gasteiger partial charge in [-0.1, -0.05) is 42.5 Å². The van der Waals surface area contributed by atoms with Crippen LogP contribution in [0.2, 0.25) is 0 Å². The summed E-state index contributed by atoms with van der Waals surface area (Å²) >= 11 is 0. The Balaban J connectivity index is 1.39. The molecule has 0 atom stereocenters. The first-order valence-electron chi connectivity index (χ1n) is 11.3. The second-order valence-corrected chi connectivity index (χ2v) is 9.03. The molecule has 2 N–H and O–H groups in total. The fourth-order valence-corrected chi connectivity index (χ4v) is 5.11. The molecular formula is C27H24N6O. The number of carbonyl (C=O) groups excluding carboxylic acids is 1. The van der Waals surface area contributed by atoms with E-state index in [-0.39, 0.29) is 11.3 Å². The van der Waals surface area contributed by atoms with E-state index in [4.69, 9.17) is 0 Å². The summed E-state index contributed by atoms with van der Waals surface area (Å²) in [7, 11) is 1.81. The average molecular weight is 449 g/mol. The lowest BCUT2D eigenvalue weighted by Gasteiger charge is -2.30. The van der Waals surface area contributed by atoms with Crippen LogP contribution >= 0.6 is 0 Å². The summed E-state index contributed by atoms with van der Waals surface area (Å²) in [6, 6.07) is 19.1. The van der Waals surface area contributed by atoms with Gasteiger partial charge in [0.15, 0.2) is 0 Å². The summed E-state index contributed by atoms with van der Waals surface area (Å²) < 4.78 is 1.64. The Hall–Kier alpha value is -4.26. The van der Waals surface area contributed by atoms with Gasteiger partial charge in [-0.05, 0) is 41.7 Å². The van der Waals surface area contributed by atoms with Gasteiger partial charge in [-0.3, -0.25) is 9.48 Å². The van der Waals surface area contributed by atoms with Crippen LogP contribution in [0.4, 0.5) is 0 Å². The first-order chi connectivity index (χ1) is 16.6. The Morgan fingerprint density at radius 3 is 2.68 bits per heavy atom. The number of rotatable bonds is 5. The van der Waals surface area contributed by atoms with Gasteiger partial charge in [0.2, 0.25) is 0 Å². The van der Waals surface area contributed by atoms with Crippen molar-refractivity contribution in [1.82, 2.24) is 30.0 Å². The van der Waals surface area contributed by atoms with E-state index in [9.17, 15) is 4.79 Å². The van der Waals surface area contributed by atoms with Gasteiger partial charge in [0, 0.05) is 42.4 Å². The summed E-state index contributed by atoms with van der Waals surface area (Å²) in [5, 5.41) is 8.32. The second-order valence-electron chi connectivity index (χ2n) is 9.03. The minimum absolute atomic E-state index is 0.107. The molecule has 0 bridgehead atoms. The van der Waals surface area contributed by atoms with Crippen molar-refractivity contribution in [2.75, 3.05) is 6.54 Å². The van der Waals surface area contributed by atoms with E-state index in [0.717, 1.165) is 35.1 Å². The second kappa shape index (κ2) is 7.95. The van der Waals surface area contributed by atoms with Crippen LogP contribution in [0.15, 0.2) is 79.5 Å². The molecule has 0 saturated carbocycles. The third kappa shape index (κ3) is 3.46. The van der Waals surface area contributed by atoms with Crippen LogP contribution in [-0.2, 0) is 25.3 Å². The SMILES string of the molecule is Cn1cc(C(=O)NCC2(c3cccc(-c4ncnc5[nH]ccc45)c3)Cc3ccccc3C2)cn1. The monoisotopic (exact) mass is 448 g/mol. The lowest BCUT2D eigenvalue weighted by Crippen LogP contribution is -2.41. The summed E-state index contributed by atoms with van der Waals surface area (Å²) in [5.74, 6) is -0.107. The quantitative estimate of drug-likeness (QED) is 0.428. The van der Waals surface area contributed by atoms with Crippen molar-refractivity contribution in [2.24, 2.45) is 7.05 Å². The van der Waals surface area contributed by atoms with Crippen LogP contribution in [0.1, 0.15) is 27.0 Å². The standard InChI is InChI=1S/C27H24N6O/c1-33-15-21(14-32-33)26(34)29-16-27(12-19-5-2-3-6-20(19)13-27)22-8-4-7-18(11-22)24-23-9-10-28-25(23)31-17-30-24/h2-11,14-15,17H,12-13,16H2,1H3,(H,29,34)(H,28,30,31). The van der Waals surface area contributed by atoms with Gasteiger partial charge >= 0.3 is 0 Å². The molecule has 6 rings (SSSR count). The zero-order valence-electron chi connectivity index (χ0n) is 18.8. The number of aromatic nitrogens is 5. The van der Waals surface area contributed by atoms with Crippen molar-refractivity contribution in [3.05, 3.63) is 102 Å². The van der Waals surface area contributed by atoms with Crippen molar-refractivity contribution >= 4 is 16.9 Å². The molecule has 1 aliphatic rings. The van der Waals surface area contributed by atoms with Crippen LogP contribution in [0.25, 0.3) is 22.3 Å². The summed E-state index contributed by atoms with van der Waals surface area (Å²) in [6.45, 7) is 0.530. The van der Waals surface area contributed by atoms with Crippen molar-refractivity contribution in [3.63, 3.8) is 0 Å². The van der Waals surface area contributed by atoms with Crippen LogP contribution < -0.4 is 5.32 Å². The molecule has 0 fully saturated rings. The van der Waals surface area contributed by atoms with Crippen LogP contribution in [0.3, 0.4) is 0 Å². The summed E-state index contributed by atoms with van der Waals surface area (Å²) in [6.07, 6.45) is 8.55. The third-order valence-corrected chi connectivity index (χ3v) is 6.83. The highest BCUT2D eigenvalue weighted by Gasteiger charge is 2.39. The van der Waals surface area contributed by atoms with E-state index in [1.165, 1.54) is 16.7 Å². The van der Waals surface area contributed by atoms with E-state index in [0.29, 0.717) is 12.1 Å². The van der Waals surface area contributed by atoms with Crippen molar-refractivity contribution in [2.45, 2.75) is 18.3 Å². The minimum Gasteiger partial charge on any atom is -0.351 e. The molecule has 7 heteroatoms. The van der Waals surface area contributed by atoms with E-state index >= 15 is 0 Å². The molecule has 7 nitrogen and oxygen atoms in total. The smallest absolute Gasteiger partial charge is 0.254 e. The lowest BCUT2D eigenvalue weighted by atomic mass is 9.77. The molecule has 3 aromatic heterocycles. The van der Waals surface area contributed by atoms with Crippen LogP contribution in [0, 0.1) is 0 Å². The number of amides is 1. The maximum Gasteiger partial charge on any atom is 0.254 e. The number of nitrogens with one attached hydrogen (secondary N) is 2. The van der Waals surface area contributed by atoms with Crippen molar-refractivity contribution in [3.8, 4) is 11.3 Å². The summed E-state index contributed by atoms with van der Waals surface area (Å²) in [4.78, 5) is 25.0. The van der Waals surface area contributed by atoms with Gasteiger partial charge in [-0.25, -0.2) is 9.97 Å². The van der Waals surface area contributed by atoms with E-state index in [1.807, 2.05) is 19.3 Å². The Bertz CT molecular complexity index is 1490. The molecule has 5 aromatic rings. The highest BCUT2D eigenvalue weighted by Crippen LogP contribution is 2.41. The predicted octanol–water partition coefficient (Wildman–Crippen LogP) is 3.83. The average Bonchev–Trinajstić information content (AvgIpc) is 3.60. The highest BCUT2D eigenvalue weighted by atomic mass is 16.1. The predicted molar refractivity (Wildman–Crippen MR) is 130 cm³/mol. The molecule has 0 unspecified atom stereocenters. The highest BCUT2D eigenvalue weighted by molar-refractivity contribution is 5.94. The number of benzene rings is 2. The van der Waals surface area contributed by atoms with Gasteiger partial charge in [0.25, 0.3) is 5.91 Å². The number of nitrogens with zero attached hydrogens (tertiary/aromatic N) is 4. The molecule has 1 aliphatic carbocycles. The van der Waals surface area contributed by atoms with Gasteiger partial charge < -0.3 is 10.3 Å². The van der Waals surface area contributed by atoms with Crippen LogP contribution in [0.5, 0.6) is 0 Å². The molecule has 1 amide bonds. The van der Waals surface area contributed by atoms with E-state index in [2.05, 4.69) is 73.9 Å². The first-order valence-corrected chi connectivity index (χ1v) is 11.3. The number of aromatic amines is 1. The molecule has 2 aromatic carbocycles. The molecule has 0 saturated heterocycles. The molecule has 0 spiro atoms. The maximum absolute atomic E-state index is 12.9. The molecule has 3 heterocycles. The fourth-order valence-electron chi connectivity index (χ4n) is 5.11. The zero-order valence-corrected chi connectivity index (χ0v) is 18.8. The zero-order chi connectivity index (χ0) is 23.1. The first kappa shape index (κ1) is 20.4. The van der Waals surface area contributed by atoms with E-state index in [1.54, 1.807) is 23.4 Å². The van der Waals surface area contributed by atoms with E-state index < -0.39 is 0 Å². The summed E-state index contributed by atoms with van der Waals surface area (Å²) in [5.41, 5.74) is 6.94. The van der Waals surface area contributed by atoms with Gasteiger partial charge in [0.1, 0.15) is 12.0 Å². The van der Waals surface area contributed by atoms with Crippen LogP contribution in [-0.4, -0.2) is 37.2 Å². The van der Waals surface area contributed by atoms with Crippen molar-refractivity contribution in [1.29, 1.82) is 0 Å². The Labute approximate surface area is 196 Å². The van der Waals surface area contributed by atoms with Gasteiger partial charge in [-0.15, -0.1) is 0 Å². The Morgan fingerprint density at radius 2 is 1.91 bits per heavy atom. The van der Waals surface area contributed by atoms with Gasteiger partial charge in [0.05, 0.1) is 17.5 Å². The van der Waals surface area contributed by atoms with Gasteiger partial charge in [-0.2, -0.15) is 5.10 Å². The number of hydrogen-bond donors (Lipinski definition) is 2. The molecule has 0 aliphatic heterocycles. The molecule has 0 radical (unpaired) electrons. The lowest BCUT2D eigenvalue weighted by molar-refractivity contribution is 0.0943. The molecule has 168 valence electrons. The van der Waals surface area contributed by atoms with Crippen molar-refractivity contribution < 1.29 is 4.79 Å². The maximum atomic E-state index is 12.9. The number of fused-ring (bicyclic) bond motifs is 2. The Kier molecular flexibility index (Phi) is 4.76. The number of hydrogen-bond acceptors (Lipinski definition) is 4. The number of carbonyl (C=O) groups is 1. The largest absolute Gasteiger partial charge is 0.351 e. The minimum atomic E-state index is -0.248. The Morgan fingerprint density at radius 1 is 1.09 bits per heavy atom.